The molecule has 8 heteroatoms. The highest BCUT2D eigenvalue weighted by Gasteiger charge is 2.51. The van der Waals surface area contributed by atoms with Gasteiger partial charge in [0, 0.05) is 6.54 Å². The molecule has 0 radical (unpaired) electrons. The maximum atomic E-state index is 13.7. The van der Waals surface area contributed by atoms with Gasteiger partial charge in [-0.3, -0.25) is 0 Å². The second-order valence-electron chi connectivity index (χ2n) is 11.5. The number of amides is 2. The summed E-state index contributed by atoms with van der Waals surface area (Å²) in [5, 5.41) is 3.11. The van der Waals surface area contributed by atoms with Gasteiger partial charge in [-0.15, -0.1) is 0 Å². The van der Waals surface area contributed by atoms with Gasteiger partial charge in [-0.1, -0.05) is 76.6 Å². The van der Waals surface area contributed by atoms with Crippen molar-refractivity contribution in [2.24, 2.45) is 0 Å². The van der Waals surface area contributed by atoms with Gasteiger partial charge in [0.1, 0.15) is 5.75 Å². The summed E-state index contributed by atoms with van der Waals surface area (Å²) >= 11 is 0. The summed E-state index contributed by atoms with van der Waals surface area (Å²) in [5.41, 5.74) is 1.96. The van der Waals surface area contributed by atoms with Crippen LogP contribution >= 0.6 is 0 Å². The molecule has 1 saturated heterocycles. The van der Waals surface area contributed by atoms with Crippen LogP contribution in [0.2, 0.25) is 18.1 Å². The molecule has 0 unspecified atom stereocenters. The van der Waals surface area contributed by atoms with Gasteiger partial charge in [-0.2, -0.15) is 0 Å². The highest BCUT2D eigenvalue weighted by atomic mass is 28.4. The van der Waals surface area contributed by atoms with Gasteiger partial charge >= 0.3 is 12.0 Å². The molecule has 2 aromatic rings. The van der Waals surface area contributed by atoms with Crippen molar-refractivity contribution in [1.29, 1.82) is 0 Å². The Morgan fingerprint density at radius 2 is 1.68 bits per heavy atom. The fourth-order valence-corrected chi connectivity index (χ4v) is 5.63. The molecule has 3 rings (SSSR count). The minimum Gasteiger partial charge on any atom is -0.497 e. The molecule has 38 heavy (non-hydrogen) atoms. The number of ether oxygens (including phenoxy) is 2. The molecule has 1 aliphatic rings. The maximum absolute atomic E-state index is 13.7. The van der Waals surface area contributed by atoms with E-state index >= 15 is 0 Å². The van der Waals surface area contributed by atoms with E-state index < -0.39 is 26.4 Å². The van der Waals surface area contributed by atoms with Gasteiger partial charge < -0.3 is 24.1 Å². The Morgan fingerprint density at radius 1 is 1.03 bits per heavy atom. The lowest BCUT2D eigenvalue weighted by Crippen LogP contribution is -2.70. The molecule has 2 amide bonds. The first-order valence-electron chi connectivity index (χ1n) is 13.5. The van der Waals surface area contributed by atoms with Crippen LogP contribution in [0.25, 0.3) is 0 Å². The Bertz CT molecular complexity index is 1050. The van der Waals surface area contributed by atoms with Crippen LogP contribution in [0.3, 0.4) is 0 Å². The van der Waals surface area contributed by atoms with E-state index in [9.17, 15) is 9.59 Å². The van der Waals surface area contributed by atoms with E-state index in [1.165, 1.54) is 0 Å². The molecular weight excluding hydrogens is 496 g/mol. The van der Waals surface area contributed by atoms with E-state index in [4.69, 9.17) is 13.9 Å². The number of nitrogens with zero attached hydrogens (tertiary/aromatic N) is 1. The highest BCUT2D eigenvalue weighted by Crippen LogP contribution is 2.39. The van der Waals surface area contributed by atoms with Gasteiger partial charge in [0.25, 0.3) is 0 Å². The quantitative estimate of drug-likeness (QED) is 0.217. The Labute approximate surface area is 229 Å². The molecule has 1 N–H and O–H groups in total. The minimum absolute atomic E-state index is 0.0801. The Morgan fingerprint density at radius 3 is 2.26 bits per heavy atom. The Hall–Kier alpha value is -2.84. The maximum Gasteiger partial charge on any atom is 0.331 e. The first-order valence-corrected chi connectivity index (χ1v) is 16.5. The zero-order chi connectivity index (χ0) is 27.9. The lowest BCUT2D eigenvalue weighted by atomic mass is 9.93. The van der Waals surface area contributed by atoms with Crippen LogP contribution in [0.15, 0.2) is 54.6 Å². The van der Waals surface area contributed by atoms with E-state index in [-0.39, 0.29) is 23.7 Å². The zero-order valence-corrected chi connectivity index (χ0v) is 25.0. The molecule has 0 aromatic heterocycles. The molecular formula is C30H44N2O5Si. The van der Waals surface area contributed by atoms with E-state index in [1.807, 2.05) is 54.6 Å². The largest absolute Gasteiger partial charge is 0.497 e. The monoisotopic (exact) mass is 540 g/mol. The molecule has 7 nitrogen and oxygen atoms in total. The smallest absolute Gasteiger partial charge is 0.331 e. The number of carbonyl (C=O) groups is 2. The number of nitrogens with one attached hydrogen (secondary N) is 1. The number of hydrogen-bond acceptors (Lipinski definition) is 5. The number of rotatable bonds is 11. The van der Waals surface area contributed by atoms with Crippen molar-refractivity contribution < 1.29 is 23.5 Å². The Kier molecular flexibility index (Phi) is 10.0. The summed E-state index contributed by atoms with van der Waals surface area (Å²) < 4.78 is 18.0. The average Bonchev–Trinajstić information content (AvgIpc) is 2.87. The summed E-state index contributed by atoms with van der Waals surface area (Å²) in [6.45, 7) is 13.5. The third kappa shape index (κ3) is 7.38. The number of methoxy groups -OCH3 is 1. The molecule has 1 fully saturated rings. The van der Waals surface area contributed by atoms with E-state index in [0.717, 1.165) is 29.7 Å². The summed E-state index contributed by atoms with van der Waals surface area (Å²) in [4.78, 5) is 28.9. The van der Waals surface area contributed by atoms with E-state index in [1.54, 1.807) is 12.0 Å². The first-order chi connectivity index (χ1) is 18.0. The van der Waals surface area contributed by atoms with Crippen molar-refractivity contribution in [3.05, 3.63) is 65.7 Å². The first kappa shape index (κ1) is 29.7. The van der Waals surface area contributed by atoms with Crippen molar-refractivity contribution in [1.82, 2.24) is 10.2 Å². The van der Waals surface area contributed by atoms with Crippen LogP contribution in [0, 0.1) is 0 Å². The van der Waals surface area contributed by atoms with Crippen molar-refractivity contribution in [2.45, 2.75) is 89.8 Å². The van der Waals surface area contributed by atoms with Crippen molar-refractivity contribution >= 4 is 20.3 Å². The predicted octanol–water partition coefficient (Wildman–Crippen LogP) is 5.93. The van der Waals surface area contributed by atoms with Gasteiger partial charge in [0.15, 0.2) is 14.4 Å². The van der Waals surface area contributed by atoms with Crippen LogP contribution in [0.5, 0.6) is 5.75 Å². The lowest BCUT2D eigenvalue weighted by Gasteiger charge is -2.49. The standard InChI is InChI=1S/C30H44N2O5Si/c1-8-9-19-36-28(33)26-27(37-38(6,7)30(2,3)4)25(20-22-13-11-10-12-14-22)31-29(34)32(26)21-23-15-17-24(35-5)18-16-23/h10-18,25-27H,8-9,19-21H2,1-7H3,(H,31,34)/t25-,26+,27+/m0/s1. The molecule has 0 bridgehead atoms. The van der Waals surface area contributed by atoms with Crippen LogP contribution in [-0.2, 0) is 26.9 Å². The summed E-state index contributed by atoms with van der Waals surface area (Å²) in [6, 6.07) is 16.0. The van der Waals surface area contributed by atoms with Crippen LogP contribution in [-0.4, -0.2) is 57.1 Å². The molecule has 1 heterocycles. The summed E-state index contributed by atoms with van der Waals surface area (Å²) in [6.07, 6.45) is 1.67. The number of benzene rings is 2. The number of carbonyl (C=O) groups excluding carboxylic acids is 2. The number of urea groups is 1. The fourth-order valence-electron chi connectivity index (χ4n) is 4.31. The van der Waals surface area contributed by atoms with Crippen LogP contribution in [0.4, 0.5) is 4.79 Å². The third-order valence-electron chi connectivity index (χ3n) is 7.64. The van der Waals surface area contributed by atoms with Gasteiger partial charge in [-0.25, -0.2) is 9.59 Å². The normalized spacial score (nSPS) is 20.1. The van der Waals surface area contributed by atoms with Crippen molar-refractivity contribution in [3.8, 4) is 5.75 Å². The molecule has 208 valence electrons. The highest BCUT2D eigenvalue weighted by molar-refractivity contribution is 6.74. The minimum atomic E-state index is -2.34. The summed E-state index contributed by atoms with van der Waals surface area (Å²) in [5.74, 6) is 0.318. The van der Waals surface area contributed by atoms with Gasteiger partial charge in [0.05, 0.1) is 25.9 Å². The molecule has 0 aliphatic carbocycles. The molecule has 2 aromatic carbocycles. The van der Waals surface area contributed by atoms with E-state index in [2.05, 4.69) is 46.1 Å². The Balaban J connectivity index is 2.03. The summed E-state index contributed by atoms with van der Waals surface area (Å²) in [7, 11) is -0.719. The number of hydrogen-bond donors (Lipinski definition) is 1. The molecule has 1 aliphatic heterocycles. The predicted molar refractivity (Wildman–Crippen MR) is 153 cm³/mol. The fraction of sp³-hybridized carbons (Fsp3) is 0.533. The van der Waals surface area contributed by atoms with Crippen molar-refractivity contribution in [3.63, 3.8) is 0 Å². The molecule has 3 atom stereocenters. The second-order valence-corrected chi connectivity index (χ2v) is 16.3. The molecule has 0 spiro atoms. The lowest BCUT2D eigenvalue weighted by molar-refractivity contribution is -0.155. The SMILES string of the molecule is CCCCOC(=O)[C@H]1[C@H](O[Si](C)(C)C(C)(C)C)[C@H](Cc2ccccc2)NC(=O)N1Cc1ccc(OC)cc1. The second kappa shape index (κ2) is 12.8. The van der Waals surface area contributed by atoms with Crippen LogP contribution < -0.4 is 10.1 Å². The van der Waals surface area contributed by atoms with Gasteiger partial charge in [0.2, 0.25) is 0 Å². The number of unbranched alkanes of at least 4 members (excludes halogenated alkanes) is 1. The van der Waals surface area contributed by atoms with Gasteiger partial charge in [-0.05, 0) is 54.2 Å². The molecule has 0 saturated carbocycles. The zero-order valence-electron chi connectivity index (χ0n) is 24.0. The topological polar surface area (TPSA) is 77.1 Å². The average molecular weight is 541 g/mol. The third-order valence-corrected chi connectivity index (χ3v) is 12.1. The number of esters is 1. The van der Waals surface area contributed by atoms with Crippen LogP contribution in [0.1, 0.15) is 51.7 Å². The van der Waals surface area contributed by atoms with E-state index in [0.29, 0.717) is 13.0 Å². The van der Waals surface area contributed by atoms with Crippen molar-refractivity contribution in [2.75, 3.05) is 13.7 Å².